The molecule has 2 heterocycles. The van der Waals surface area contributed by atoms with Crippen LogP contribution in [0.15, 0.2) is 59.7 Å². The van der Waals surface area contributed by atoms with Crippen molar-refractivity contribution < 1.29 is 0 Å². The summed E-state index contributed by atoms with van der Waals surface area (Å²) in [5, 5.41) is 6.70. The molecular weight excluding hydrogens is 226 g/mol. The highest BCUT2D eigenvalue weighted by atomic mass is 16.1. The number of benzene rings is 1. The van der Waals surface area contributed by atoms with Gasteiger partial charge in [0.2, 0.25) is 5.56 Å². The maximum absolute atomic E-state index is 11.2. The van der Waals surface area contributed by atoms with E-state index in [1.807, 2.05) is 36.5 Å². The van der Waals surface area contributed by atoms with Crippen LogP contribution >= 0.6 is 0 Å². The normalized spacial score (nSPS) is 10.4. The highest BCUT2D eigenvalue weighted by Crippen LogP contribution is 2.22. The smallest absolute Gasteiger partial charge is 0.248 e. The average Bonchev–Trinajstić information content (AvgIpc) is 2.93. The molecule has 0 fully saturated rings. The first-order chi connectivity index (χ1) is 8.83. The fourth-order valence-corrected chi connectivity index (χ4v) is 1.87. The zero-order valence-corrected chi connectivity index (χ0v) is 9.55. The van der Waals surface area contributed by atoms with E-state index in [-0.39, 0.29) is 5.56 Å². The van der Waals surface area contributed by atoms with Crippen LogP contribution in [0.25, 0.3) is 22.4 Å². The lowest BCUT2D eigenvalue weighted by Crippen LogP contribution is -2.03. The van der Waals surface area contributed by atoms with Crippen LogP contribution < -0.4 is 5.56 Å². The number of aromatic nitrogens is 3. The number of hydrogen-bond acceptors (Lipinski definition) is 2. The van der Waals surface area contributed by atoms with Gasteiger partial charge in [0.05, 0.1) is 6.20 Å². The summed E-state index contributed by atoms with van der Waals surface area (Å²) in [6.07, 6.45) is 3.62. The average molecular weight is 237 g/mol. The molecule has 0 amide bonds. The lowest BCUT2D eigenvalue weighted by Gasteiger charge is -2.02. The Morgan fingerprint density at radius 2 is 1.67 bits per heavy atom. The van der Waals surface area contributed by atoms with E-state index in [2.05, 4.69) is 15.2 Å². The summed E-state index contributed by atoms with van der Waals surface area (Å²) < 4.78 is 0. The van der Waals surface area contributed by atoms with Gasteiger partial charge in [-0.05, 0) is 17.2 Å². The number of H-pyrrole nitrogens is 2. The number of nitrogens with one attached hydrogen (secondary N) is 2. The van der Waals surface area contributed by atoms with Gasteiger partial charge in [0.1, 0.15) is 0 Å². The van der Waals surface area contributed by atoms with E-state index in [0.717, 1.165) is 22.4 Å². The second-order valence-corrected chi connectivity index (χ2v) is 3.99. The quantitative estimate of drug-likeness (QED) is 0.719. The van der Waals surface area contributed by atoms with E-state index in [9.17, 15) is 4.79 Å². The van der Waals surface area contributed by atoms with E-state index in [0.29, 0.717) is 0 Å². The minimum absolute atomic E-state index is 0.0913. The van der Waals surface area contributed by atoms with Crippen LogP contribution in [0.5, 0.6) is 0 Å². The summed E-state index contributed by atoms with van der Waals surface area (Å²) in [5.41, 5.74) is 3.85. The maximum atomic E-state index is 11.2. The van der Waals surface area contributed by atoms with Gasteiger partial charge in [-0.25, -0.2) is 0 Å². The zero-order valence-electron chi connectivity index (χ0n) is 9.55. The minimum Gasteiger partial charge on any atom is -0.322 e. The van der Waals surface area contributed by atoms with E-state index in [1.54, 1.807) is 12.3 Å². The molecule has 1 aromatic carbocycles. The summed E-state index contributed by atoms with van der Waals surface area (Å²) in [7, 11) is 0. The van der Waals surface area contributed by atoms with Crippen molar-refractivity contribution in [1.29, 1.82) is 0 Å². The monoisotopic (exact) mass is 237 g/mol. The number of rotatable bonds is 2. The molecule has 2 N–H and O–H groups in total. The van der Waals surface area contributed by atoms with Crippen LogP contribution in [-0.2, 0) is 0 Å². The van der Waals surface area contributed by atoms with Crippen LogP contribution in [0.3, 0.4) is 0 Å². The Labute approximate surface area is 103 Å². The topological polar surface area (TPSA) is 61.5 Å². The molecule has 0 bridgehead atoms. The van der Waals surface area contributed by atoms with Crippen molar-refractivity contribution in [1.82, 2.24) is 15.2 Å². The van der Waals surface area contributed by atoms with Gasteiger partial charge in [0.15, 0.2) is 0 Å². The molecule has 3 rings (SSSR count). The first-order valence-corrected chi connectivity index (χ1v) is 5.62. The number of pyridine rings is 1. The molecule has 0 aliphatic rings. The first kappa shape index (κ1) is 10.5. The van der Waals surface area contributed by atoms with Gasteiger partial charge in [-0.1, -0.05) is 30.3 Å². The highest BCUT2D eigenvalue weighted by Gasteiger charge is 2.01. The molecule has 0 spiro atoms. The largest absolute Gasteiger partial charge is 0.322 e. The maximum Gasteiger partial charge on any atom is 0.248 e. The zero-order chi connectivity index (χ0) is 12.4. The molecule has 3 aromatic rings. The van der Waals surface area contributed by atoms with E-state index in [4.69, 9.17) is 0 Å². The van der Waals surface area contributed by atoms with Crippen LogP contribution in [-0.4, -0.2) is 15.2 Å². The van der Waals surface area contributed by atoms with E-state index < -0.39 is 0 Å². The van der Waals surface area contributed by atoms with Crippen molar-refractivity contribution >= 4 is 0 Å². The molecule has 0 aliphatic carbocycles. The lowest BCUT2D eigenvalue weighted by atomic mass is 10.1. The predicted octanol–water partition coefficient (Wildman–Crippen LogP) is 2.43. The van der Waals surface area contributed by atoms with Gasteiger partial charge in [0.25, 0.3) is 0 Å². The standard InChI is InChI=1S/C14H11N3O/c18-14-3-1-2-13(17-14)11-6-4-10(5-7-11)12-8-15-16-9-12/h1-9H,(H,15,16)(H,17,18). The second-order valence-electron chi connectivity index (χ2n) is 3.99. The van der Waals surface area contributed by atoms with Crippen LogP contribution in [0, 0.1) is 0 Å². The summed E-state index contributed by atoms with van der Waals surface area (Å²) in [6.45, 7) is 0. The van der Waals surface area contributed by atoms with Crippen LogP contribution in [0.1, 0.15) is 0 Å². The Balaban J connectivity index is 1.99. The number of aromatic amines is 2. The Hall–Kier alpha value is -2.62. The molecule has 0 saturated heterocycles. The molecule has 0 radical (unpaired) electrons. The number of hydrogen-bond donors (Lipinski definition) is 2. The third-order valence-corrected chi connectivity index (χ3v) is 2.80. The Morgan fingerprint density at radius 3 is 2.33 bits per heavy atom. The SMILES string of the molecule is O=c1cccc(-c2ccc(-c3cn[nH]c3)cc2)[nH]1. The fourth-order valence-electron chi connectivity index (χ4n) is 1.87. The van der Waals surface area contributed by atoms with Gasteiger partial charge in [-0.15, -0.1) is 0 Å². The fraction of sp³-hybridized carbons (Fsp3) is 0. The van der Waals surface area contributed by atoms with Crippen LogP contribution in [0.2, 0.25) is 0 Å². The Morgan fingerprint density at radius 1 is 0.889 bits per heavy atom. The predicted molar refractivity (Wildman–Crippen MR) is 70.1 cm³/mol. The molecule has 0 saturated carbocycles. The summed E-state index contributed by atoms with van der Waals surface area (Å²) in [5.74, 6) is 0. The molecule has 88 valence electrons. The van der Waals surface area contributed by atoms with E-state index in [1.165, 1.54) is 6.07 Å². The lowest BCUT2D eigenvalue weighted by molar-refractivity contribution is 1.09. The van der Waals surface area contributed by atoms with Crippen molar-refractivity contribution in [2.24, 2.45) is 0 Å². The summed E-state index contributed by atoms with van der Waals surface area (Å²) in [6, 6.07) is 13.1. The van der Waals surface area contributed by atoms with Crippen LogP contribution in [0.4, 0.5) is 0 Å². The van der Waals surface area contributed by atoms with Crippen molar-refractivity contribution in [3.63, 3.8) is 0 Å². The highest BCUT2D eigenvalue weighted by molar-refractivity contribution is 5.67. The van der Waals surface area contributed by atoms with Gasteiger partial charge < -0.3 is 4.98 Å². The first-order valence-electron chi connectivity index (χ1n) is 5.62. The van der Waals surface area contributed by atoms with Crippen molar-refractivity contribution in [3.05, 3.63) is 65.2 Å². The molecule has 2 aromatic heterocycles. The van der Waals surface area contributed by atoms with Gasteiger partial charge in [0, 0.05) is 23.5 Å². The molecule has 18 heavy (non-hydrogen) atoms. The molecule has 4 nitrogen and oxygen atoms in total. The molecule has 0 unspecified atom stereocenters. The summed E-state index contributed by atoms with van der Waals surface area (Å²) >= 11 is 0. The van der Waals surface area contributed by atoms with Gasteiger partial charge in [-0.2, -0.15) is 5.10 Å². The molecule has 0 aliphatic heterocycles. The second kappa shape index (κ2) is 4.33. The van der Waals surface area contributed by atoms with Crippen molar-refractivity contribution in [2.75, 3.05) is 0 Å². The van der Waals surface area contributed by atoms with E-state index >= 15 is 0 Å². The van der Waals surface area contributed by atoms with Crippen molar-refractivity contribution in [2.45, 2.75) is 0 Å². The Kier molecular flexibility index (Phi) is 2.53. The van der Waals surface area contributed by atoms with Gasteiger partial charge in [-0.3, -0.25) is 9.89 Å². The molecule has 0 atom stereocenters. The third-order valence-electron chi connectivity index (χ3n) is 2.80. The minimum atomic E-state index is -0.0913. The van der Waals surface area contributed by atoms with Crippen molar-refractivity contribution in [3.8, 4) is 22.4 Å². The van der Waals surface area contributed by atoms with Gasteiger partial charge >= 0.3 is 0 Å². The molecular formula is C14H11N3O. The number of nitrogens with zero attached hydrogens (tertiary/aromatic N) is 1. The summed E-state index contributed by atoms with van der Waals surface area (Å²) in [4.78, 5) is 14.1. The third kappa shape index (κ3) is 1.96. The Bertz CT molecular complexity index is 696. The molecule has 4 heteroatoms.